The Morgan fingerprint density at radius 1 is 0.370 bits per heavy atom. The molecule has 3 nitrogen and oxygen atoms in total. The average Bonchev–Trinajstić information content (AvgIpc) is 3.70. The van der Waals surface area contributed by atoms with Gasteiger partial charge < -0.3 is 9.32 Å². The van der Waals surface area contributed by atoms with Crippen LogP contribution < -0.4 is 4.90 Å². The van der Waals surface area contributed by atoms with Gasteiger partial charge in [-0.1, -0.05) is 152 Å². The van der Waals surface area contributed by atoms with Crippen molar-refractivity contribution in [3.63, 3.8) is 0 Å². The van der Waals surface area contributed by atoms with E-state index in [1.165, 1.54) is 27.5 Å². The SMILES string of the molecule is c1ccc(-c2ccc(-c3nc4c(ccc5c(-c6ccc(N(c7ccccc7)c7ccc8ccccc8c7-c7ccccc7)cc6)cccc54)o3)cc2)cc1. The van der Waals surface area contributed by atoms with E-state index >= 15 is 0 Å². The van der Waals surface area contributed by atoms with Crippen molar-refractivity contribution in [2.45, 2.75) is 0 Å². The Bertz CT molecular complexity index is 2900. The predicted molar refractivity (Wildman–Crippen MR) is 225 cm³/mol. The van der Waals surface area contributed by atoms with Crippen LogP contribution in [0.15, 0.2) is 211 Å². The summed E-state index contributed by atoms with van der Waals surface area (Å²) in [5, 5.41) is 4.65. The molecule has 0 spiro atoms. The maximum absolute atomic E-state index is 6.33. The van der Waals surface area contributed by atoms with Gasteiger partial charge in [-0.2, -0.15) is 0 Å². The molecule has 0 saturated heterocycles. The summed E-state index contributed by atoms with van der Waals surface area (Å²) in [6.45, 7) is 0. The summed E-state index contributed by atoms with van der Waals surface area (Å²) < 4.78 is 6.33. The van der Waals surface area contributed by atoms with Gasteiger partial charge in [0.25, 0.3) is 0 Å². The molecule has 0 aliphatic rings. The van der Waals surface area contributed by atoms with E-state index in [1.54, 1.807) is 0 Å². The van der Waals surface area contributed by atoms with Gasteiger partial charge in [0.1, 0.15) is 5.52 Å². The molecule has 0 fully saturated rings. The van der Waals surface area contributed by atoms with Crippen molar-refractivity contribution in [2.75, 3.05) is 4.90 Å². The fourth-order valence-electron chi connectivity index (χ4n) is 7.71. The number of hydrogen-bond acceptors (Lipinski definition) is 3. The van der Waals surface area contributed by atoms with Gasteiger partial charge in [-0.15, -0.1) is 0 Å². The van der Waals surface area contributed by atoms with E-state index in [9.17, 15) is 0 Å². The summed E-state index contributed by atoms with van der Waals surface area (Å²) in [7, 11) is 0. The minimum atomic E-state index is 0.622. The van der Waals surface area contributed by atoms with E-state index in [2.05, 4.69) is 199 Å². The highest BCUT2D eigenvalue weighted by atomic mass is 16.3. The van der Waals surface area contributed by atoms with E-state index in [4.69, 9.17) is 9.40 Å². The molecule has 0 N–H and O–H groups in total. The summed E-state index contributed by atoms with van der Waals surface area (Å²) >= 11 is 0. The molecule has 0 aliphatic heterocycles. The van der Waals surface area contributed by atoms with Crippen LogP contribution in [0.1, 0.15) is 0 Å². The zero-order chi connectivity index (χ0) is 35.8. The standard InChI is InChI=1S/C51H34N2O/c1-4-13-35(14-5-1)36-23-25-40(26-24-36)51-52-50-46-22-12-21-43(45(46)32-34-48(50)54-51)38-27-30-42(31-28-38)53(41-18-8-3-9-19-41)47-33-29-37-15-10-11-20-44(37)49(47)39-16-6-2-7-17-39/h1-34H. The Morgan fingerprint density at radius 2 is 0.963 bits per heavy atom. The van der Waals surface area contributed by atoms with Crippen LogP contribution in [0.25, 0.3) is 77.5 Å². The fourth-order valence-corrected chi connectivity index (χ4v) is 7.71. The van der Waals surface area contributed by atoms with Crippen molar-refractivity contribution in [1.82, 2.24) is 4.98 Å². The van der Waals surface area contributed by atoms with Crippen LogP contribution in [0.5, 0.6) is 0 Å². The summed E-state index contributed by atoms with van der Waals surface area (Å²) in [5.74, 6) is 0.622. The van der Waals surface area contributed by atoms with Crippen LogP contribution in [-0.2, 0) is 0 Å². The van der Waals surface area contributed by atoms with Gasteiger partial charge in [-0.3, -0.25) is 0 Å². The van der Waals surface area contributed by atoms with Gasteiger partial charge in [0.2, 0.25) is 5.89 Å². The van der Waals surface area contributed by atoms with E-state index in [1.807, 2.05) is 12.1 Å². The Hall–Kier alpha value is -7.23. The van der Waals surface area contributed by atoms with E-state index < -0.39 is 0 Å². The van der Waals surface area contributed by atoms with Gasteiger partial charge in [0, 0.05) is 27.9 Å². The molecule has 10 rings (SSSR count). The fraction of sp³-hybridized carbons (Fsp3) is 0. The van der Waals surface area contributed by atoms with Crippen LogP contribution in [0.3, 0.4) is 0 Å². The van der Waals surface area contributed by atoms with Crippen LogP contribution in [0.2, 0.25) is 0 Å². The van der Waals surface area contributed by atoms with Gasteiger partial charge in [0.15, 0.2) is 5.58 Å². The van der Waals surface area contributed by atoms with Crippen LogP contribution in [-0.4, -0.2) is 4.98 Å². The molecule has 0 saturated carbocycles. The molecule has 0 atom stereocenters. The first kappa shape index (κ1) is 31.5. The first-order valence-electron chi connectivity index (χ1n) is 18.3. The minimum Gasteiger partial charge on any atom is -0.436 e. The van der Waals surface area contributed by atoms with E-state index in [-0.39, 0.29) is 0 Å². The van der Waals surface area contributed by atoms with Crippen molar-refractivity contribution in [3.8, 4) is 44.8 Å². The molecule has 0 unspecified atom stereocenters. The maximum Gasteiger partial charge on any atom is 0.227 e. The number of benzene rings is 9. The van der Waals surface area contributed by atoms with Crippen molar-refractivity contribution in [3.05, 3.63) is 206 Å². The van der Waals surface area contributed by atoms with E-state index in [0.717, 1.165) is 61.2 Å². The molecule has 254 valence electrons. The Morgan fingerprint density at radius 3 is 1.72 bits per heavy atom. The van der Waals surface area contributed by atoms with Crippen molar-refractivity contribution in [2.24, 2.45) is 0 Å². The lowest BCUT2D eigenvalue weighted by Crippen LogP contribution is -2.11. The van der Waals surface area contributed by atoms with Crippen molar-refractivity contribution < 1.29 is 4.42 Å². The lowest BCUT2D eigenvalue weighted by atomic mass is 9.94. The number of para-hydroxylation sites is 1. The Kier molecular flexibility index (Phi) is 7.81. The molecule has 1 aromatic heterocycles. The summed E-state index contributed by atoms with van der Waals surface area (Å²) in [4.78, 5) is 7.40. The lowest BCUT2D eigenvalue weighted by Gasteiger charge is -2.29. The van der Waals surface area contributed by atoms with Crippen LogP contribution in [0.4, 0.5) is 17.1 Å². The maximum atomic E-state index is 6.33. The first-order valence-corrected chi connectivity index (χ1v) is 18.3. The molecule has 9 aromatic carbocycles. The highest BCUT2D eigenvalue weighted by Gasteiger charge is 2.20. The van der Waals surface area contributed by atoms with Gasteiger partial charge >= 0.3 is 0 Å². The smallest absolute Gasteiger partial charge is 0.227 e. The quantitative estimate of drug-likeness (QED) is 0.167. The van der Waals surface area contributed by atoms with E-state index in [0.29, 0.717) is 5.89 Å². The second-order valence-corrected chi connectivity index (χ2v) is 13.5. The molecular formula is C51H34N2O. The topological polar surface area (TPSA) is 29.3 Å². The zero-order valence-corrected chi connectivity index (χ0v) is 29.4. The van der Waals surface area contributed by atoms with Gasteiger partial charge in [0.05, 0.1) is 5.69 Å². The number of anilines is 3. The Balaban J connectivity index is 1.05. The molecule has 3 heteroatoms. The van der Waals surface area contributed by atoms with Crippen molar-refractivity contribution >= 4 is 49.7 Å². The average molecular weight is 691 g/mol. The third-order valence-electron chi connectivity index (χ3n) is 10.3. The number of oxazole rings is 1. The highest BCUT2D eigenvalue weighted by molar-refractivity contribution is 6.10. The zero-order valence-electron chi connectivity index (χ0n) is 29.4. The number of hydrogen-bond donors (Lipinski definition) is 0. The summed E-state index contributed by atoms with van der Waals surface area (Å²) in [6.07, 6.45) is 0. The van der Waals surface area contributed by atoms with Gasteiger partial charge in [-0.25, -0.2) is 4.98 Å². The van der Waals surface area contributed by atoms with Crippen LogP contribution >= 0.6 is 0 Å². The first-order chi connectivity index (χ1) is 26.8. The molecule has 54 heavy (non-hydrogen) atoms. The minimum absolute atomic E-state index is 0.622. The molecular weight excluding hydrogens is 657 g/mol. The molecule has 0 bridgehead atoms. The largest absolute Gasteiger partial charge is 0.436 e. The predicted octanol–water partition coefficient (Wildman–Crippen LogP) is 14.3. The highest BCUT2D eigenvalue weighted by Crippen LogP contribution is 2.45. The molecule has 0 aliphatic carbocycles. The third kappa shape index (κ3) is 5.60. The summed E-state index contributed by atoms with van der Waals surface area (Å²) in [6, 6.07) is 72.9. The van der Waals surface area contributed by atoms with Crippen LogP contribution in [0, 0.1) is 0 Å². The number of fused-ring (bicyclic) bond motifs is 4. The monoisotopic (exact) mass is 690 g/mol. The lowest BCUT2D eigenvalue weighted by molar-refractivity contribution is 0.620. The number of aromatic nitrogens is 1. The molecule has 10 aromatic rings. The number of rotatable bonds is 7. The summed E-state index contributed by atoms with van der Waals surface area (Å²) in [5.41, 5.74) is 12.9. The molecule has 1 heterocycles. The normalized spacial score (nSPS) is 11.3. The number of nitrogens with zero attached hydrogens (tertiary/aromatic N) is 2. The Labute approximate surface area is 314 Å². The van der Waals surface area contributed by atoms with Gasteiger partial charge in [-0.05, 0) is 98.6 Å². The third-order valence-corrected chi connectivity index (χ3v) is 10.3. The second-order valence-electron chi connectivity index (χ2n) is 13.5. The molecule has 0 amide bonds. The second kappa shape index (κ2) is 13.4. The van der Waals surface area contributed by atoms with Crippen molar-refractivity contribution in [1.29, 1.82) is 0 Å². The molecule has 0 radical (unpaired) electrons.